The molecule has 0 N–H and O–H groups in total. The maximum atomic E-state index is 11.0. The molecule has 38 heavy (non-hydrogen) atoms. The summed E-state index contributed by atoms with van der Waals surface area (Å²) in [6.07, 6.45) is 0.829. The molecule has 0 amide bonds. The van der Waals surface area contributed by atoms with Gasteiger partial charge in [-0.25, -0.2) is 0 Å². The summed E-state index contributed by atoms with van der Waals surface area (Å²) in [7, 11) is 9.63. The summed E-state index contributed by atoms with van der Waals surface area (Å²) >= 11 is 6.83. The Morgan fingerprint density at radius 2 is 0.868 bits per heavy atom. The fourth-order valence-electron chi connectivity index (χ4n) is 4.33. The number of rotatable bonds is 11. The fraction of sp³-hybridized carbons (Fsp3) is 0.321. The van der Waals surface area contributed by atoms with Gasteiger partial charge in [-0.15, -0.1) is 0 Å². The van der Waals surface area contributed by atoms with E-state index >= 15 is 0 Å². The lowest BCUT2D eigenvalue weighted by molar-refractivity contribution is 0.351. The van der Waals surface area contributed by atoms with Crippen LogP contribution >= 0.6 is 67.8 Å². The van der Waals surface area contributed by atoms with Crippen molar-refractivity contribution in [2.45, 2.75) is 18.3 Å². The lowest BCUT2D eigenvalue weighted by Crippen LogP contribution is -2.32. The molecule has 0 atom stereocenters. The molecule has 7 nitrogen and oxygen atoms in total. The molecule has 10 heteroatoms. The molecule has 0 fully saturated rings. The first-order chi connectivity index (χ1) is 18.2. The minimum absolute atomic E-state index is 0.415. The number of ether oxygens (including phenoxy) is 6. The Morgan fingerprint density at radius 1 is 0.553 bits per heavy atom. The number of nitriles is 1. The van der Waals surface area contributed by atoms with Crippen LogP contribution in [0.1, 0.15) is 16.7 Å². The third kappa shape index (κ3) is 6.30. The van der Waals surface area contributed by atoms with Crippen LogP contribution < -0.4 is 28.4 Å². The Balaban J connectivity index is 2.30. The van der Waals surface area contributed by atoms with Crippen LogP contribution in [0.2, 0.25) is 0 Å². The Hall–Kier alpha value is -1.86. The van der Waals surface area contributed by atoms with Crippen LogP contribution in [-0.4, -0.2) is 42.7 Å². The second-order valence-corrected chi connectivity index (χ2v) is 11.8. The molecule has 0 saturated heterocycles. The van der Waals surface area contributed by atoms with Crippen LogP contribution in [0.3, 0.4) is 0 Å². The van der Waals surface area contributed by atoms with Gasteiger partial charge in [0.2, 0.25) is 0 Å². The van der Waals surface area contributed by atoms with Crippen molar-refractivity contribution in [3.05, 3.63) is 63.8 Å². The third-order valence-corrected chi connectivity index (χ3v) is 9.19. The van der Waals surface area contributed by atoms with Crippen LogP contribution in [0, 0.1) is 22.0 Å². The van der Waals surface area contributed by atoms with E-state index in [2.05, 4.69) is 73.8 Å². The molecule has 202 valence electrons. The molecule has 0 radical (unpaired) electrons. The zero-order valence-electron chi connectivity index (χ0n) is 21.9. The number of hydrogen-bond acceptors (Lipinski definition) is 7. The quantitative estimate of drug-likeness (QED) is 0.197. The fourth-order valence-corrected chi connectivity index (χ4v) is 6.54. The minimum atomic E-state index is -0.977. The highest BCUT2D eigenvalue weighted by Gasteiger charge is 2.38. The molecule has 0 heterocycles. The van der Waals surface area contributed by atoms with Crippen molar-refractivity contribution in [2.75, 3.05) is 42.7 Å². The van der Waals surface area contributed by atoms with E-state index < -0.39 is 5.41 Å². The zero-order valence-corrected chi connectivity index (χ0v) is 28.4. The Bertz CT molecular complexity index is 1290. The van der Waals surface area contributed by atoms with E-state index in [-0.39, 0.29) is 0 Å². The van der Waals surface area contributed by atoms with E-state index in [9.17, 15) is 5.26 Å². The number of hydrogen-bond donors (Lipinski definition) is 0. The Kier molecular flexibility index (Phi) is 10.9. The molecule has 0 aliphatic heterocycles. The molecular formula is C28H28I3NO6. The van der Waals surface area contributed by atoms with Gasteiger partial charge in [0.25, 0.3) is 0 Å². The lowest BCUT2D eigenvalue weighted by atomic mass is 9.72. The molecule has 0 spiro atoms. The molecule has 3 aromatic rings. The van der Waals surface area contributed by atoms with E-state index in [1.54, 1.807) is 42.7 Å². The smallest absolute Gasteiger partial charge is 0.161 e. The van der Waals surface area contributed by atoms with E-state index in [0.717, 1.165) is 27.4 Å². The molecule has 0 aliphatic rings. The van der Waals surface area contributed by atoms with Gasteiger partial charge < -0.3 is 28.4 Å². The number of halogens is 3. The molecule has 0 aromatic heterocycles. The van der Waals surface area contributed by atoms with Gasteiger partial charge in [0.05, 0.1) is 54.1 Å². The van der Waals surface area contributed by atoms with Crippen molar-refractivity contribution in [3.63, 3.8) is 0 Å². The van der Waals surface area contributed by atoms with Crippen molar-refractivity contribution in [2.24, 2.45) is 0 Å². The van der Waals surface area contributed by atoms with Crippen molar-refractivity contribution < 1.29 is 28.4 Å². The summed E-state index contributed by atoms with van der Waals surface area (Å²) in [5.41, 5.74) is 1.79. The van der Waals surface area contributed by atoms with Gasteiger partial charge in [0, 0.05) is 10.7 Å². The zero-order chi connectivity index (χ0) is 28.0. The third-order valence-electron chi connectivity index (χ3n) is 6.29. The van der Waals surface area contributed by atoms with E-state index in [1.807, 2.05) is 36.4 Å². The topological polar surface area (TPSA) is 79.2 Å². The average molecular weight is 855 g/mol. The van der Waals surface area contributed by atoms with Crippen LogP contribution in [0.25, 0.3) is 0 Å². The number of benzene rings is 3. The standard InChI is InChI=1S/C28H28I3NO6/c1-33-22-7-16(19(29)10-25(22)36-4)13-28(15-32,18-9-24(35-3)27(38-6)12-21(18)31)14-17-8-23(34-2)26(37-5)11-20(17)30/h7-12H,13-14H2,1-6H3. The highest BCUT2D eigenvalue weighted by Crippen LogP contribution is 2.44. The van der Waals surface area contributed by atoms with Gasteiger partial charge in [0.1, 0.15) is 0 Å². The second-order valence-electron chi connectivity index (χ2n) is 8.33. The van der Waals surface area contributed by atoms with Crippen LogP contribution in [0.4, 0.5) is 0 Å². The van der Waals surface area contributed by atoms with Crippen LogP contribution in [-0.2, 0) is 18.3 Å². The van der Waals surface area contributed by atoms with Crippen LogP contribution in [0.5, 0.6) is 34.5 Å². The van der Waals surface area contributed by atoms with Gasteiger partial charge in [-0.3, -0.25) is 0 Å². The molecule has 0 saturated carbocycles. The largest absolute Gasteiger partial charge is 0.493 e. The highest BCUT2D eigenvalue weighted by atomic mass is 127. The Morgan fingerprint density at radius 3 is 1.21 bits per heavy atom. The average Bonchev–Trinajstić information content (AvgIpc) is 2.93. The van der Waals surface area contributed by atoms with E-state index in [4.69, 9.17) is 28.4 Å². The maximum Gasteiger partial charge on any atom is 0.161 e. The highest BCUT2D eigenvalue weighted by molar-refractivity contribution is 14.1. The summed E-state index contributed by atoms with van der Waals surface area (Å²) in [6.45, 7) is 0. The molecule has 3 aromatic carbocycles. The van der Waals surface area contributed by atoms with Gasteiger partial charge in [0.15, 0.2) is 34.5 Å². The summed E-state index contributed by atoms with van der Waals surface area (Å²) in [5.74, 6) is 3.66. The van der Waals surface area contributed by atoms with E-state index in [1.165, 1.54) is 0 Å². The first-order valence-corrected chi connectivity index (χ1v) is 14.6. The monoisotopic (exact) mass is 855 g/mol. The maximum absolute atomic E-state index is 11.0. The van der Waals surface area contributed by atoms with Crippen molar-refractivity contribution in [1.29, 1.82) is 5.26 Å². The number of nitrogens with zero attached hydrogens (tertiary/aromatic N) is 1. The van der Waals surface area contributed by atoms with Crippen molar-refractivity contribution in [1.82, 2.24) is 0 Å². The summed E-state index contributed by atoms with van der Waals surface area (Å²) in [6, 6.07) is 14.2. The van der Waals surface area contributed by atoms with Crippen molar-refractivity contribution in [3.8, 4) is 40.6 Å². The summed E-state index contributed by atoms with van der Waals surface area (Å²) < 4.78 is 36.2. The lowest BCUT2D eigenvalue weighted by Gasteiger charge is -2.31. The second kappa shape index (κ2) is 13.5. The summed E-state index contributed by atoms with van der Waals surface area (Å²) in [5, 5.41) is 11.0. The molecule has 0 aliphatic carbocycles. The van der Waals surface area contributed by atoms with Gasteiger partial charge >= 0.3 is 0 Å². The predicted molar refractivity (Wildman–Crippen MR) is 171 cm³/mol. The molecule has 0 bridgehead atoms. The van der Waals surface area contributed by atoms with Crippen LogP contribution in [0.15, 0.2) is 36.4 Å². The summed E-state index contributed by atoms with van der Waals surface area (Å²) in [4.78, 5) is 0. The minimum Gasteiger partial charge on any atom is -0.493 e. The SMILES string of the molecule is COc1cc(I)c(CC(C#N)(Cc2cc(OC)c(OC)cc2I)c2cc(OC)c(OC)cc2I)cc1OC. The van der Waals surface area contributed by atoms with Gasteiger partial charge in [-0.2, -0.15) is 5.26 Å². The first kappa shape index (κ1) is 30.7. The van der Waals surface area contributed by atoms with E-state index in [0.29, 0.717) is 47.3 Å². The Labute approximate surface area is 264 Å². The van der Waals surface area contributed by atoms with Gasteiger partial charge in [-0.1, -0.05) is 0 Å². The predicted octanol–water partition coefficient (Wildman–Crippen LogP) is 6.80. The molecular weight excluding hydrogens is 827 g/mol. The van der Waals surface area contributed by atoms with Gasteiger partial charge in [-0.05, 0) is 134 Å². The number of methoxy groups -OCH3 is 6. The molecule has 3 rings (SSSR count). The first-order valence-electron chi connectivity index (χ1n) is 11.3. The molecule has 0 unspecified atom stereocenters. The normalized spacial score (nSPS) is 10.9. The van der Waals surface area contributed by atoms with Crippen molar-refractivity contribution >= 4 is 67.8 Å².